The van der Waals surface area contributed by atoms with Crippen LogP contribution in [0.25, 0.3) is 0 Å². The van der Waals surface area contributed by atoms with Crippen LogP contribution >= 0.6 is 11.3 Å². The van der Waals surface area contributed by atoms with Crippen LogP contribution in [0.2, 0.25) is 0 Å². The molecule has 0 radical (unpaired) electrons. The monoisotopic (exact) mass is 276 g/mol. The summed E-state index contributed by atoms with van der Waals surface area (Å²) in [5.74, 6) is -1.07. The second kappa shape index (κ2) is 6.50. The molecule has 0 aliphatic carbocycles. The van der Waals surface area contributed by atoms with Gasteiger partial charge in [-0.3, -0.25) is 4.79 Å². The number of carbonyl (C=O) groups is 1. The minimum Gasteiger partial charge on any atom is -0.465 e. The summed E-state index contributed by atoms with van der Waals surface area (Å²) in [5.41, 5.74) is 0.766. The van der Waals surface area contributed by atoms with Crippen LogP contribution in [0.1, 0.15) is 29.4 Å². The van der Waals surface area contributed by atoms with Gasteiger partial charge < -0.3 is 9.84 Å². The van der Waals surface area contributed by atoms with E-state index in [1.165, 1.54) is 11.3 Å². The summed E-state index contributed by atoms with van der Waals surface area (Å²) in [4.78, 5) is 12.9. The highest BCUT2D eigenvalue weighted by Crippen LogP contribution is 2.34. The molecule has 0 bridgehead atoms. The van der Waals surface area contributed by atoms with Gasteiger partial charge in [0.15, 0.2) is 0 Å². The molecule has 0 fully saturated rings. The Labute approximate surface area is 116 Å². The number of hydrogen-bond donors (Lipinski definition) is 1. The summed E-state index contributed by atoms with van der Waals surface area (Å²) in [6, 6.07) is 12.9. The molecule has 1 aromatic heterocycles. The van der Waals surface area contributed by atoms with Crippen molar-refractivity contribution in [2.45, 2.75) is 18.9 Å². The molecule has 0 aliphatic heterocycles. The predicted octanol–water partition coefficient (Wildman–Crippen LogP) is 3.13. The van der Waals surface area contributed by atoms with Crippen LogP contribution in [0.4, 0.5) is 0 Å². The maximum absolute atomic E-state index is 12.1. The second-order valence-electron chi connectivity index (χ2n) is 4.10. The zero-order valence-corrected chi connectivity index (χ0v) is 11.5. The first kappa shape index (κ1) is 13.8. The molecule has 0 amide bonds. The predicted molar refractivity (Wildman–Crippen MR) is 75.1 cm³/mol. The third-order valence-electron chi connectivity index (χ3n) is 2.85. The lowest BCUT2D eigenvalue weighted by Gasteiger charge is -2.20. The number of esters is 1. The quantitative estimate of drug-likeness (QED) is 0.853. The van der Waals surface area contributed by atoms with Gasteiger partial charge in [-0.25, -0.2) is 0 Å². The van der Waals surface area contributed by atoms with Gasteiger partial charge in [0.05, 0.1) is 6.61 Å². The van der Waals surface area contributed by atoms with Crippen LogP contribution in [0.15, 0.2) is 47.8 Å². The third kappa shape index (κ3) is 3.22. The van der Waals surface area contributed by atoms with E-state index < -0.39 is 18.0 Å². The highest BCUT2D eigenvalue weighted by Gasteiger charge is 2.31. The Kier molecular flexibility index (Phi) is 4.71. The summed E-state index contributed by atoms with van der Waals surface area (Å²) in [6.07, 6.45) is -0.874. The van der Waals surface area contributed by atoms with Crippen molar-refractivity contribution in [2.75, 3.05) is 6.61 Å². The van der Waals surface area contributed by atoms with Gasteiger partial charge in [-0.05, 0) is 23.9 Å². The lowest BCUT2D eigenvalue weighted by atomic mass is 9.92. The van der Waals surface area contributed by atoms with Crippen LogP contribution < -0.4 is 0 Å². The summed E-state index contributed by atoms with van der Waals surface area (Å²) in [6.45, 7) is 2.07. The van der Waals surface area contributed by atoms with Crippen molar-refractivity contribution < 1.29 is 14.6 Å². The van der Waals surface area contributed by atoms with Crippen molar-refractivity contribution in [3.05, 3.63) is 58.3 Å². The Morgan fingerprint density at radius 3 is 2.58 bits per heavy atom. The number of aliphatic hydroxyl groups is 1. The van der Waals surface area contributed by atoms with E-state index in [1.807, 2.05) is 47.8 Å². The van der Waals surface area contributed by atoms with Crippen LogP contribution in [-0.4, -0.2) is 17.7 Å². The Morgan fingerprint density at radius 2 is 2.00 bits per heavy atom. The molecule has 1 N–H and O–H groups in total. The summed E-state index contributed by atoms with van der Waals surface area (Å²) in [5, 5.41) is 12.3. The molecule has 2 aromatic rings. The molecule has 0 aliphatic rings. The van der Waals surface area contributed by atoms with Crippen LogP contribution in [0.5, 0.6) is 0 Å². The van der Waals surface area contributed by atoms with Gasteiger partial charge in [-0.2, -0.15) is 0 Å². The first-order chi connectivity index (χ1) is 9.24. The van der Waals surface area contributed by atoms with Crippen molar-refractivity contribution >= 4 is 17.3 Å². The fourth-order valence-corrected chi connectivity index (χ4v) is 2.71. The maximum Gasteiger partial charge on any atom is 0.316 e. The molecule has 2 rings (SSSR count). The van der Waals surface area contributed by atoms with E-state index in [2.05, 4.69) is 0 Å². The van der Waals surface area contributed by atoms with E-state index in [9.17, 15) is 9.90 Å². The molecule has 0 saturated heterocycles. The Balaban J connectivity index is 2.32. The molecule has 2 atom stereocenters. The number of carbonyl (C=O) groups excluding carboxylic acids is 1. The molecule has 1 aromatic carbocycles. The second-order valence-corrected chi connectivity index (χ2v) is 5.08. The topological polar surface area (TPSA) is 46.5 Å². The van der Waals surface area contributed by atoms with Gasteiger partial charge >= 0.3 is 5.97 Å². The van der Waals surface area contributed by atoms with Gasteiger partial charge in [0, 0.05) is 4.88 Å². The van der Waals surface area contributed by atoms with E-state index in [0.29, 0.717) is 6.61 Å². The highest BCUT2D eigenvalue weighted by molar-refractivity contribution is 7.10. The molecule has 1 heterocycles. The number of hydrogen-bond acceptors (Lipinski definition) is 4. The standard InChI is InChI=1S/C15H16O3S/c1-2-18-15(17)13(11-7-4-3-5-8-11)14(16)12-9-6-10-19-12/h3-10,13-14,16H,2H2,1H3. The SMILES string of the molecule is CCOC(=O)C(c1ccccc1)C(O)c1cccs1. The highest BCUT2D eigenvalue weighted by atomic mass is 32.1. The van der Waals surface area contributed by atoms with Crippen molar-refractivity contribution in [3.8, 4) is 0 Å². The smallest absolute Gasteiger partial charge is 0.316 e. The van der Waals surface area contributed by atoms with Crippen LogP contribution in [0, 0.1) is 0 Å². The lowest BCUT2D eigenvalue weighted by molar-refractivity contribution is -0.147. The van der Waals surface area contributed by atoms with Gasteiger partial charge in [-0.15, -0.1) is 11.3 Å². The molecule has 3 nitrogen and oxygen atoms in total. The van der Waals surface area contributed by atoms with Gasteiger partial charge in [0.25, 0.3) is 0 Å². The minimum atomic E-state index is -0.874. The molecule has 0 saturated carbocycles. The molecule has 100 valence electrons. The lowest BCUT2D eigenvalue weighted by Crippen LogP contribution is -2.22. The van der Waals surface area contributed by atoms with E-state index in [0.717, 1.165) is 10.4 Å². The van der Waals surface area contributed by atoms with Crippen molar-refractivity contribution in [3.63, 3.8) is 0 Å². The maximum atomic E-state index is 12.1. The first-order valence-corrected chi connectivity index (χ1v) is 7.05. The van der Waals surface area contributed by atoms with Crippen molar-refractivity contribution in [1.29, 1.82) is 0 Å². The fourth-order valence-electron chi connectivity index (χ4n) is 1.96. The molecular formula is C15H16O3S. The van der Waals surface area contributed by atoms with Gasteiger partial charge in [0.2, 0.25) is 0 Å². The minimum absolute atomic E-state index is 0.305. The van der Waals surface area contributed by atoms with E-state index in [1.54, 1.807) is 6.92 Å². The van der Waals surface area contributed by atoms with Gasteiger partial charge in [0.1, 0.15) is 12.0 Å². The van der Waals surface area contributed by atoms with Crippen molar-refractivity contribution in [1.82, 2.24) is 0 Å². The van der Waals surface area contributed by atoms with Crippen LogP contribution in [0.3, 0.4) is 0 Å². The van der Waals surface area contributed by atoms with E-state index in [-0.39, 0.29) is 0 Å². The molecule has 4 heteroatoms. The van der Waals surface area contributed by atoms with Gasteiger partial charge in [-0.1, -0.05) is 36.4 Å². The van der Waals surface area contributed by atoms with E-state index >= 15 is 0 Å². The third-order valence-corrected chi connectivity index (χ3v) is 3.79. The average Bonchev–Trinajstić information content (AvgIpc) is 2.94. The largest absolute Gasteiger partial charge is 0.465 e. The van der Waals surface area contributed by atoms with Crippen LogP contribution in [-0.2, 0) is 9.53 Å². The number of ether oxygens (including phenoxy) is 1. The average molecular weight is 276 g/mol. The number of benzene rings is 1. The number of rotatable bonds is 5. The molecule has 2 unspecified atom stereocenters. The molecular weight excluding hydrogens is 260 g/mol. The number of aliphatic hydroxyl groups excluding tert-OH is 1. The number of thiophene rings is 1. The Morgan fingerprint density at radius 1 is 1.26 bits per heavy atom. The molecule has 0 spiro atoms. The Bertz CT molecular complexity index is 507. The first-order valence-electron chi connectivity index (χ1n) is 6.17. The zero-order valence-electron chi connectivity index (χ0n) is 10.7. The summed E-state index contributed by atoms with van der Waals surface area (Å²) < 4.78 is 5.08. The van der Waals surface area contributed by atoms with E-state index in [4.69, 9.17) is 4.74 Å². The normalized spacial score (nSPS) is 13.8. The molecule has 19 heavy (non-hydrogen) atoms. The summed E-state index contributed by atoms with van der Waals surface area (Å²) >= 11 is 1.43. The van der Waals surface area contributed by atoms with Crippen molar-refractivity contribution in [2.24, 2.45) is 0 Å². The Hall–Kier alpha value is -1.65. The zero-order chi connectivity index (χ0) is 13.7. The summed E-state index contributed by atoms with van der Waals surface area (Å²) in [7, 11) is 0. The fraction of sp³-hybridized carbons (Fsp3) is 0.267.